The van der Waals surface area contributed by atoms with E-state index in [1.165, 1.54) is 18.4 Å². The van der Waals surface area contributed by atoms with Crippen LogP contribution in [0.5, 0.6) is 0 Å². The Hall–Kier alpha value is -1.04. The van der Waals surface area contributed by atoms with Gasteiger partial charge in [-0.15, -0.1) is 24.0 Å². The molecule has 4 heteroatoms. The highest BCUT2D eigenvalue weighted by Crippen LogP contribution is 2.48. The molecule has 0 spiro atoms. The Balaban J connectivity index is 0.00000180. The molecule has 1 aliphatic rings. The van der Waals surface area contributed by atoms with Crippen LogP contribution in [-0.4, -0.2) is 19.0 Å². The monoisotopic (exact) mass is 371 g/mol. The fraction of sp³-hybridized carbons (Fsp3) is 0.400. The number of nitrogens with zero attached hydrogens (tertiary/aromatic N) is 1. The van der Waals surface area contributed by atoms with Gasteiger partial charge in [-0.1, -0.05) is 42.5 Å². The molecule has 0 bridgehead atoms. The standard InChI is InChI=1S/C15H21N3.HI/c1-12(2)10-17-14(16)18-11-15(8-9-15)13-6-4-3-5-7-13;/h3-7H,1,8-11H2,2H3,(H3,16,17,18);1H. The van der Waals surface area contributed by atoms with Crippen LogP contribution < -0.4 is 11.1 Å². The Labute approximate surface area is 132 Å². The van der Waals surface area contributed by atoms with Crippen LogP contribution in [0.15, 0.2) is 47.5 Å². The third kappa shape index (κ3) is 4.53. The van der Waals surface area contributed by atoms with E-state index in [1.807, 2.05) is 13.0 Å². The first-order valence-corrected chi connectivity index (χ1v) is 6.36. The van der Waals surface area contributed by atoms with Crippen molar-refractivity contribution < 1.29 is 0 Å². The summed E-state index contributed by atoms with van der Waals surface area (Å²) < 4.78 is 0. The largest absolute Gasteiger partial charge is 0.370 e. The van der Waals surface area contributed by atoms with Crippen molar-refractivity contribution in [2.24, 2.45) is 10.7 Å². The van der Waals surface area contributed by atoms with Crippen LogP contribution in [0.25, 0.3) is 0 Å². The van der Waals surface area contributed by atoms with Gasteiger partial charge < -0.3 is 11.1 Å². The fourth-order valence-corrected chi connectivity index (χ4v) is 2.01. The molecule has 3 nitrogen and oxygen atoms in total. The molecular weight excluding hydrogens is 349 g/mol. The summed E-state index contributed by atoms with van der Waals surface area (Å²) in [6.07, 6.45) is 2.41. The molecule has 1 aromatic rings. The lowest BCUT2D eigenvalue weighted by molar-refractivity contribution is 0.701. The van der Waals surface area contributed by atoms with Gasteiger partial charge in [0.05, 0.1) is 6.54 Å². The number of guanidine groups is 1. The average Bonchev–Trinajstić information content (AvgIpc) is 3.16. The van der Waals surface area contributed by atoms with Gasteiger partial charge in [0, 0.05) is 12.0 Å². The van der Waals surface area contributed by atoms with Crippen LogP contribution in [-0.2, 0) is 5.41 Å². The van der Waals surface area contributed by atoms with Crippen molar-refractivity contribution >= 4 is 29.9 Å². The summed E-state index contributed by atoms with van der Waals surface area (Å²) in [5.74, 6) is 0.514. The van der Waals surface area contributed by atoms with Crippen LogP contribution in [0, 0.1) is 0 Å². The molecule has 0 unspecified atom stereocenters. The van der Waals surface area contributed by atoms with Gasteiger partial charge in [0.15, 0.2) is 5.96 Å². The van der Waals surface area contributed by atoms with Crippen molar-refractivity contribution in [3.63, 3.8) is 0 Å². The first-order chi connectivity index (χ1) is 8.62. The van der Waals surface area contributed by atoms with E-state index in [1.54, 1.807) is 0 Å². The maximum atomic E-state index is 5.83. The van der Waals surface area contributed by atoms with Crippen molar-refractivity contribution in [3.05, 3.63) is 48.0 Å². The molecule has 1 fully saturated rings. The minimum Gasteiger partial charge on any atom is -0.370 e. The molecule has 0 amide bonds. The van der Waals surface area contributed by atoms with Gasteiger partial charge in [-0.2, -0.15) is 0 Å². The molecule has 19 heavy (non-hydrogen) atoms. The molecule has 1 saturated carbocycles. The lowest BCUT2D eigenvalue weighted by Crippen LogP contribution is -2.33. The number of halogens is 1. The second-order valence-corrected chi connectivity index (χ2v) is 5.16. The van der Waals surface area contributed by atoms with Gasteiger partial charge in [0.1, 0.15) is 0 Å². The molecule has 0 atom stereocenters. The Kier molecular flexibility index (Phi) is 5.85. The summed E-state index contributed by atoms with van der Waals surface area (Å²) in [4.78, 5) is 4.45. The molecule has 2 rings (SSSR count). The second kappa shape index (κ2) is 6.93. The quantitative estimate of drug-likeness (QED) is 0.362. The normalized spacial score (nSPS) is 16.4. The van der Waals surface area contributed by atoms with E-state index in [9.17, 15) is 0 Å². The Morgan fingerprint density at radius 1 is 1.37 bits per heavy atom. The molecule has 0 radical (unpaired) electrons. The molecular formula is C15H22IN3. The molecule has 0 heterocycles. The zero-order valence-corrected chi connectivity index (χ0v) is 13.7. The zero-order chi connectivity index (χ0) is 13.0. The van der Waals surface area contributed by atoms with Crippen molar-refractivity contribution in [2.75, 3.05) is 13.1 Å². The molecule has 0 saturated heterocycles. The Morgan fingerprint density at radius 2 is 2.00 bits per heavy atom. The average molecular weight is 371 g/mol. The minimum atomic E-state index is 0. The third-order valence-corrected chi connectivity index (χ3v) is 3.36. The minimum absolute atomic E-state index is 0. The summed E-state index contributed by atoms with van der Waals surface area (Å²) in [7, 11) is 0. The first-order valence-electron chi connectivity index (χ1n) is 6.36. The van der Waals surface area contributed by atoms with Crippen LogP contribution in [0.4, 0.5) is 0 Å². The number of rotatable bonds is 5. The highest BCUT2D eigenvalue weighted by atomic mass is 127. The number of hydrogen-bond donors (Lipinski definition) is 2. The van der Waals surface area contributed by atoms with Gasteiger partial charge in [-0.25, -0.2) is 0 Å². The van der Waals surface area contributed by atoms with E-state index in [0.717, 1.165) is 12.1 Å². The first kappa shape index (κ1) is 16.0. The maximum absolute atomic E-state index is 5.83. The van der Waals surface area contributed by atoms with Crippen molar-refractivity contribution in [2.45, 2.75) is 25.2 Å². The summed E-state index contributed by atoms with van der Waals surface area (Å²) in [5, 5.41) is 3.06. The molecule has 0 aliphatic heterocycles. The van der Waals surface area contributed by atoms with E-state index >= 15 is 0 Å². The lowest BCUT2D eigenvalue weighted by Gasteiger charge is -2.13. The van der Waals surface area contributed by atoms with Crippen molar-refractivity contribution in [1.29, 1.82) is 0 Å². The van der Waals surface area contributed by atoms with Crippen molar-refractivity contribution in [3.8, 4) is 0 Å². The van der Waals surface area contributed by atoms with E-state index in [-0.39, 0.29) is 29.4 Å². The maximum Gasteiger partial charge on any atom is 0.188 e. The number of nitrogens with one attached hydrogen (secondary N) is 1. The fourth-order valence-electron chi connectivity index (χ4n) is 2.01. The highest BCUT2D eigenvalue weighted by molar-refractivity contribution is 14.0. The van der Waals surface area contributed by atoms with Crippen LogP contribution >= 0.6 is 24.0 Å². The molecule has 3 N–H and O–H groups in total. The zero-order valence-electron chi connectivity index (χ0n) is 11.4. The molecule has 0 aromatic heterocycles. The van der Waals surface area contributed by atoms with Gasteiger partial charge in [0.2, 0.25) is 0 Å². The van der Waals surface area contributed by atoms with Crippen molar-refractivity contribution in [1.82, 2.24) is 5.32 Å². The predicted octanol–water partition coefficient (Wildman–Crippen LogP) is 2.82. The SMILES string of the molecule is C=C(C)CNC(N)=NCC1(c2ccccc2)CC1.I. The van der Waals surface area contributed by atoms with Gasteiger partial charge in [-0.05, 0) is 25.3 Å². The van der Waals surface area contributed by atoms with Crippen LogP contribution in [0.2, 0.25) is 0 Å². The highest BCUT2D eigenvalue weighted by Gasteiger charge is 2.43. The lowest BCUT2D eigenvalue weighted by atomic mass is 9.96. The Bertz CT molecular complexity index is 450. The van der Waals surface area contributed by atoms with Gasteiger partial charge in [0.25, 0.3) is 0 Å². The van der Waals surface area contributed by atoms with Gasteiger partial charge in [-0.3, -0.25) is 4.99 Å². The van der Waals surface area contributed by atoms with Crippen LogP contribution in [0.3, 0.4) is 0 Å². The van der Waals surface area contributed by atoms with E-state index in [2.05, 4.69) is 41.2 Å². The second-order valence-electron chi connectivity index (χ2n) is 5.16. The molecule has 1 aromatic carbocycles. The summed E-state index contributed by atoms with van der Waals surface area (Å²) in [6, 6.07) is 10.6. The molecule has 104 valence electrons. The van der Waals surface area contributed by atoms with E-state index < -0.39 is 0 Å². The Morgan fingerprint density at radius 3 is 2.53 bits per heavy atom. The third-order valence-electron chi connectivity index (χ3n) is 3.36. The van der Waals surface area contributed by atoms with E-state index in [4.69, 9.17) is 5.73 Å². The number of benzene rings is 1. The predicted molar refractivity (Wildman–Crippen MR) is 92.1 cm³/mol. The summed E-state index contributed by atoms with van der Waals surface area (Å²) in [6.45, 7) is 7.25. The number of aliphatic imine (C=N–C) groups is 1. The van der Waals surface area contributed by atoms with Gasteiger partial charge >= 0.3 is 0 Å². The summed E-state index contributed by atoms with van der Waals surface area (Å²) >= 11 is 0. The topological polar surface area (TPSA) is 50.4 Å². The molecule has 1 aliphatic carbocycles. The van der Waals surface area contributed by atoms with Crippen LogP contribution in [0.1, 0.15) is 25.3 Å². The number of nitrogens with two attached hydrogens (primary N) is 1. The number of hydrogen-bond acceptors (Lipinski definition) is 1. The smallest absolute Gasteiger partial charge is 0.188 e. The van der Waals surface area contributed by atoms with E-state index in [0.29, 0.717) is 12.5 Å². The summed E-state index contributed by atoms with van der Waals surface area (Å²) in [5.41, 5.74) is 8.50.